The molecule has 2 N–H and O–H groups in total. The van der Waals surface area contributed by atoms with Gasteiger partial charge in [-0.2, -0.15) is 0 Å². The second kappa shape index (κ2) is 6.59. The van der Waals surface area contributed by atoms with Gasteiger partial charge in [-0.1, -0.05) is 25.5 Å². The van der Waals surface area contributed by atoms with E-state index in [1.807, 2.05) is 13.0 Å². The number of nitrogens with one attached hydrogen (secondary N) is 1. The summed E-state index contributed by atoms with van der Waals surface area (Å²) in [6.07, 6.45) is 4.17. The fourth-order valence-corrected chi connectivity index (χ4v) is 2.94. The first-order valence-electron chi connectivity index (χ1n) is 7.64. The highest BCUT2D eigenvalue weighted by Crippen LogP contribution is 2.38. The van der Waals surface area contributed by atoms with E-state index < -0.39 is 5.60 Å². The highest BCUT2D eigenvalue weighted by atomic mass is 16.5. The monoisotopic (exact) mass is 277 g/mol. The predicted molar refractivity (Wildman–Crippen MR) is 82.3 cm³/mol. The third-order valence-corrected chi connectivity index (χ3v) is 4.26. The van der Waals surface area contributed by atoms with Crippen molar-refractivity contribution in [2.75, 3.05) is 13.7 Å². The summed E-state index contributed by atoms with van der Waals surface area (Å²) in [5, 5.41) is 13.6. The summed E-state index contributed by atoms with van der Waals surface area (Å²) in [5.74, 6) is 1.56. The van der Waals surface area contributed by atoms with Crippen LogP contribution in [-0.2, 0) is 0 Å². The van der Waals surface area contributed by atoms with E-state index in [-0.39, 0.29) is 0 Å². The molecule has 0 aromatic heterocycles. The van der Waals surface area contributed by atoms with Crippen LogP contribution < -0.4 is 10.1 Å². The van der Waals surface area contributed by atoms with Crippen molar-refractivity contribution >= 4 is 0 Å². The van der Waals surface area contributed by atoms with Gasteiger partial charge in [0.1, 0.15) is 5.75 Å². The summed E-state index contributed by atoms with van der Waals surface area (Å²) in [6.45, 7) is 4.72. The molecule has 20 heavy (non-hydrogen) atoms. The first-order chi connectivity index (χ1) is 9.54. The topological polar surface area (TPSA) is 41.5 Å². The van der Waals surface area contributed by atoms with Crippen molar-refractivity contribution in [1.29, 1.82) is 0 Å². The Balaban J connectivity index is 1.77. The quantitative estimate of drug-likeness (QED) is 0.805. The van der Waals surface area contributed by atoms with E-state index in [1.165, 1.54) is 5.56 Å². The molecule has 0 heterocycles. The van der Waals surface area contributed by atoms with Crippen LogP contribution in [0.5, 0.6) is 5.75 Å². The van der Waals surface area contributed by atoms with Gasteiger partial charge < -0.3 is 15.2 Å². The first-order valence-corrected chi connectivity index (χ1v) is 7.64. The van der Waals surface area contributed by atoms with Crippen LogP contribution in [0.15, 0.2) is 24.3 Å². The van der Waals surface area contributed by atoms with Crippen molar-refractivity contribution < 1.29 is 9.84 Å². The average Bonchev–Trinajstić information content (AvgIpc) is 2.37. The van der Waals surface area contributed by atoms with Crippen LogP contribution in [0.2, 0.25) is 0 Å². The van der Waals surface area contributed by atoms with Gasteiger partial charge in [-0.05, 0) is 49.8 Å². The number of hydrogen-bond acceptors (Lipinski definition) is 3. The lowest BCUT2D eigenvalue weighted by Gasteiger charge is -2.38. The molecule has 2 rings (SSSR count). The number of benzene rings is 1. The van der Waals surface area contributed by atoms with Gasteiger partial charge in [-0.15, -0.1) is 0 Å². The fourth-order valence-electron chi connectivity index (χ4n) is 2.94. The van der Waals surface area contributed by atoms with Crippen molar-refractivity contribution in [2.45, 2.75) is 57.1 Å². The molecule has 1 aliphatic carbocycles. The van der Waals surface area contributed by atoms with Gasteiger partial charge in [0.05, 0.1) is 12.7 Å². The maximum atomic E-state index is 10.2. The highest BCUT2D eigenvalue weighted by molar-refractivity contribution is 5.32. The molecule has 0 saturated heterocycles. The molecule has 3 heteroatoms. The molecule has 1 unspecified atom stereocenters. The first kappa shape index (κ1) is 15.3. The molecule has 1 aromatic rings. The smallest absolute Gasteiger partial charge is 0.119 e. The molecular weight excluding hydrogens is 250 g/mol. The van der Waals surface area contributed by atoms with E-state index in [4.69, 9.17) is 4.74 Å². The van der Waals surface area contributed by atoms with Crippen LogP contribution in [0.1, 0.15) is 51.0 Å². The minimum Gasteiger partial charge on any atom is -0.497 e. The van der Waals surface area contributed by atoms with Gasteiger partial charge in [0.15, 0.2) is 0 Å². The maximum absolute atomic E-state index is 10.2. The standard InChI is InChI=1S/C17H27NO2/c1-4-8-17(2,19)12-18-15-9-14(10-15)13-6-5-7-16(11-13)20-3/h5-7,11,14-15,18-19H,4,8-10,12H2,1-3H3. The summed E-state index contributed by atoms with van der Waals surface area (Å²) < 4.78 is 5.27. The molecule has 0 bridgehead atoms. The molecule has 0 amide bonds. The lowest BCUT2D eigenvalue weighted by Crippen LogP contribution is -2.47. The largest absolute Gasteiger partial charge is 0.497 e. The zero-order valence-electron chi connectivity index (χ0n) is 12.9. The molecule has 3 nitrogen and oxygen atoms in total. The SMILES string of the molecule is CCCC(C)(O)CNC1CC(c2cccc(OC)c2)C1. The van der Waals surface area contributed by atoms with Gasteiger partial charge in [0.2, 0.25) is 0 Å². The molecule has 0 radical (unpaired) electrons. The lowest BCUT2D eigenvalue weighted by atomic mass is 9.75. The minimum atomic E-state index is -0.574. The van der Waals surface area contributed by atoms with Gasteiger partial charge in [0, 0.05) is 12.6 Å². The average molecular weight is 277 g/mol. The van der Waals surface area contributed by atoms with Crippen LogP contribution in [0.25, 0.3) is 0 Å². The van der Waals surface area contributed by atoms with E-state index >= 15 is 0 Å². The molecule has 0 spiro atoms. The van der Waals surface area contributed by atoms with Gasteiger partial charge in [0.25, 0.3) is 0 Å². The second-order valence-corrected chi connectivity index (χ2v) is 6.27. The summed E-state index contributed by atoms with van der Waals surface area (Å²) in [4.78, 5) is 0. The Hall–Kier alpha value is -1.06. The Morgan fingerprint density at radius 1 is 1.40 bits per heavy atom. The van der Waals surface area contributed by atoms with Crippen molar-refractivity contribution in [3.05, 3.63) is 29.8 Å². The number of hydrogen-bond donors (Lipinski definition) is 2. The van der Waals surface area contributed by atoms with Crippen LogP contribution >= 0.6 is 0 Å². The van der Waals surface area contributed by atoms with E-state index in [1.54, 1.807) is 7.11 Å². The zero-order valence-corrected chi connectivity index (χ0v) is 12.9. The summed E-state index contributed by atoms with van der Waals surface area (Å²) in [6, 6.07) is 8.89. The highest BCUT2D eigenvalue weighted by Gasteiger charge is 2.31. The van der Waals surface area contributed by atoms with Crippen LogP contribution in [0.4, 0.5) is 0 Å². The summed E-state index contributed by atoms with van der Waals surface area (Å²) >= 11 is 0. The Morgan fingerprint density at radius 2 is 2.15 bits per heavy atom. The Bertz CT molecular complexity index is 425. The van der Waals surface area contributed by atoms with Crippen molar-refractivity contribution in [2.24, 2.45) is 0 Å². The van der Waals surface area contributed by atoms with Crippen molar-refractivity contribution in [3.63, 3.8) is 0 Å². The molecule has 1 aromatic carbocycles. The normalized spacial score (nSPS) is 24.8. The molecule has 1 atom stereocenters. The van der Waals surface area contributed by atoms with Crippen molar-refractivity contribution in [1.82, 2.24) is 5.32 Å². The van der Waals surface area contributed by atoms with Crippen LogP contribution in [-0.4, -0.2) is 30.4 Å². The lowest BCUT2D eigenvalue weighted by molar-refractivity contribution is 0.0428. The second-order valence-electron chi connectivity index (χ2n) is 6.27. The third-order valence-electron chi connectivity index (χ3n) is 4.26. The molecular formula is C17H27NO2. The molecule has 112 valence electrons. The zero-order chi connectivity index (χ0) is 14.6. The van der Waals surface area contributed by atoms with E-state index in [0.717, 1.165) is 31.4 Å². The van der Waals surface area contributed by atoms with E-state index in [9.17, 15) is 5.11 Å². The molecule has 1 saturated carbocycles. The number of aliphatic hydroxyl groups is 1. The third kappa shape index (κ3) is 3.97. The van der Waals surface area contributed by atoms with Gasteiger partial charge >= 0.3 is 0 Å². The van der Waals surface area contributed by atoms with Crippen LogP contribution in [0, 0.1) is 0 Å². The van der Waals surface area contributed by atoms with E-state index in [0.29, 0.717) is 18.5 Å². The molecule has 0 aliphatic heterocycles. The minimum absolute atomic E-state index is 0.537. The van der Waals surface area contributed by atoms with E-state index in [2.05, 4.69) is 30.4 Å². The fraction of sp³-hybridized carbons (Fsp3) is 0.647. The van der Waals surface area contributed by atoms with Crippen molar-refractivity contribution in [3.8, 4) is 5.75 Å². The maximum Gasteiger partial charge on any atom is 0.119 e. The summed E-state index contributed by atoms with van der Waals surface area (Å²) in [7, 11) is 1.71. The Labute approximate surface area is 122 Å². The number of rotatable bonds is 7. The predicted octanol–water partition coefficient (Wildman–Crippen LogP) is 3.08. The van der Waals surface area contributed by atoms with Gasteiger partial charge in [-0.3, -0.25) is 0 Å². The van der Waals surface area contributed by atoms with Crippen LogP contribution in [0.3, 0.4) is 0 Å². The van der Waals surface area contributed by atoms with Gasteiger partial charge in [-0.25, -0.2) is 0 Å². The Morgan fingerprint density at radius 3 is 2.80 bits per heavy atom. The Kier molecular flexibility index (Phi) is 5.06. The molecule has 1 fully saturated rings. The summed E-state index contributed by atoms with van der Waals surface area (Å²) in [5.41, 5.74) is 0.790. The number of methoxy groups -OCH3 is 1. The molecule has 1 aliphatic rings. The number of ether oxygens (including phenoxy) is 1.